The lowest BCUT2D eigenvalue weighted by Crippen LogP contribution is -2.45. The van der Waals surface area contributed by atoms with Gasteiger partial charge in [0.1, 0.15) is 0 Å². The van der Waals surface area contributed by atoms with Gasteiger partial charge < -0.3 is 10.6 Å². The van der Waals surface area contributed by atoms with Crippen LogP contribution < -0.4 is 10.6 Å². The molecule has 1 saturated heterocycles. The number of piperidine rings is 1. The second-order valence-electron chi connectivity index (χ2n) is 5.58. The number of halogens is 1. The monoisotopic (exact) mass is 314 g/mol. The van der Waals surface area contributed by atoms with Crippen LogP contribution >= 0.6 is 11.6 Å². The molecule has 114 valence electrons. The highest BCUT2D eigenvalue weighted by molar-refractivity contribution is 6.34. The Hall–Kier alpha value is -1.84. The topological polar surface area (TPSA) is 41.1 Å². The summed E-state index contributed by atoms with van der Waals surface area (Å²) in [6.07, 6.45) is 2.09. The van der Waals surface area contributed by atoms with Gasteiger partial charge in [0.05, 0.1) is 10.6 Å². The first kappa shape index (κ1) is 15.1. The molecule has 0 bridgehead atoms. The number of hydrogen-bond donors (Lipinski definition) is 2. The fraction of sp³-hybridized carbons (Fsp3) is 0.278. The summed E-state index contributed by atoms with van der Waals surface area (Å²) >= 11 is 6.22. The van der Waals surface area contributed by atoms with Crippen molar-refractivity contribution in [2.45, 2.75) is 18.9 Å². The van der Waals surface area contributed by atoms with E-state index in [-0.39, 0.29) is 11.9 Å². The second kappa shape index (κ2) is 6.95. The molecule has 2 aromatic rings. The highest BCUT2D eigenvalue weighted by atomic mass is 35.5. The van der Waals surface area contributed by atoms with Crippen molar-refractivity contribution in [1.29, 1.82) is 0 Å². The molecule has 2 aromatic carbocycles. The zero-order valence-corrected chi connectivity index (χ0v) is 13.1. The Morgan fingerprint density at radius 2 is 1.95 bits per heavy atom. The van der Waals surface area contributed by atoms with E-state index in [0.717, 1.165) is 37.1 Å². The van der Waals surface area contributed by atoms with Crippen molar-refractivity contribution in [2.24, 2.45) is 0 Å². The van der Waals surface area contributed by atoms with Gasteiger partial charge in [0.25, 0.3) is 5.91 Å². The minimum atomic E-state index is -0.100. The van der Waals surface area contributed by atoms with Crippen LogP contribution in [0.2, 0.25) is 5.02 Å². The van der Waals surface area contributed by atoms with Crippen LogP contribution in [-0.2, 0) is 0 Å². The number of amides is 1. The van der Waals surface area contributed by atoms with Crippen molar-refractivity contribution < 1.29 is 4.79 Å². The molecule has 0 aliphatic carbocycles. The molecule has 2 N–H and O–H groups in total. The molecule has 1 aliphatic heterocycles. The van der Waals surface area contributed by atoms with E-state index in [1.165, 1.54) is 0 Å². The first-order valence-electron chi connectivity index (χ1n) is 7.60. The molecule has 1 unspecified atom stereocenters. The van der Waals surface area contributed by atoms with Crippen molar-refractivity contribution in [2.75, 3.05) is 13.1 Å². The van der Waals surface area contributed by atoms with Crippen molar-refractivity contribution in [3.63, 3.8) is 0 Å². The lowest BCUT2D eigenvalue weighted by atomic mass is 10.0. The summed E-state index contributed by atoms with van der Waals surface area (Å²) in [4.78, 5) is 12.5. The number of carbonyl (C=O) groups excluding carboxylic acids is 1. The van der Waals surface area contributed by atoms with Gasteiger partial charge in [-0.05, 0) is 42.6 Å². The molecule has 1 heterocycles. The summed E-state index contributed by atoms with van der Waals surface area (Å²) in [5.41, 5.74) is 2.61. The fourth-order valence-electron chi connectivity index (χ4n) is 2.75. The van der Waals surface area contributed by atoms with Crippen LogP contribution in [0.5, 0.6) is 0 Å². The Labute approximate surface area is 135 Å². The summed E-state index contributed by atoms with van der Waals surface area (Å²) in [6, 6.07) is 15.8. The van der Waals surface area contributed by atoms with Crippen molar-refractivity contribution in [3.8, 4) is 11.1 Å². The van der Waals surface area contributed by atoms with Crippen LogP contribution in [0.25, 0.3) is 11.1 Å². The standard InChI is InChI=1S/C18H19ClN2O/c19-17-9-8-14(13-5-2-1-3-6-13)11-16(17)18(22)21-15-7-4-10-20-12-15/h1-3,5-6,8-9,11,15,20H,4,7,10,12H2,(H,21,22). The maximum atomic E-state index is 12.5. The van der Waals surface area contributed by atoms with E-state index < -0.39 is 0 Å². The Bertz CT molecular complexity index is 651. The molecule has 4 heteroatoms. The van der Waals surface area contributed by atoms with Gasteiger partial charge in [-0.2, -0.15) is 0 Å². The summed E-state index contributed by atoms with van der Waals surface area (Å²) in [6.45, 7) is 1.85. The van der Waals surface area contributed by atoms with E-state index in [2.05, 4.69) is 10.6 Å². The van der Waals surface area contributed by atoms with Crippen molar-refractivity contribution >= 4 is 17.5 Å². The lowest BCUT2D eigenvalue weighted by Gasteiger charge is -2.24. The summed E-state index contributed by atoms with van der Waals surface area (Å²) in [7, 11) is 0. The van der Waals surface area contributed by atoms with Crippen LogP contribution in [0.1, 0.15) is 23.2 Å². The second-order valence-corrected chi connectivity index (χ2v) is 5.98. The van der Waals surface area contributed by atoms with Crippen LogP contribution in [-0.4, -0.2) is 25.0 Å². The van der Waals surface area contributed by atoms with E-state index in [1.54, 1.807) is 6.07 Å². The largest absolute Gasteiger partial charge is 0.348 e. The van der Waals surface area contributed by atoms with Gasteiger partial charge in [0.15, 0.2) is 0 Å². The summed E-state index contributed by atoms with van der Waals surface area (Å²) in [5, 5.41) is 6.85. The third-order valence-electron chi connectivity index (χ3n) is 3.95. The van der Waals surface area contributed by atoms with Gasteiger partial charge in [-0.25, -0.2) is 0 Å². The fourth-order valence-corrected chi connectivity index (χ4v) is 2.95. The smallest absolute Gasteiger partial charge is 0.253 e. The highest BCUT2D eigenvalue weighted by Gasteiger charge is 2.18. The maximum absolute atomic E-state index is 12.5. The van der Waals surface area contributed by atoms with E-state index >= 15 is 0 Å². The first-order chi connectivity index (χ1) is 10.7. The van der Waals surface area contributed by atoms with E-state index in [0.29, 0.717) is 10.6 Å². The molecule has 1 amide bonds. The molecule has 1 atom stereocenters. The highest BCUT2D eigenvalue weighted by Crippen LogP contribution is 2.25. The van der Waals surface area contributed by atoms with Gasteiger partial charge in [0.2, 0.25) is 0 Å². The average molecular weight is 315 g/mol. The number of hydrogen-bond acceptors (Lipinski definition) is 2. The maximum Gasteiger partial charge on any atom is 0.253 e. The predicted octanol–water partition coefficient (Wildman–Crippen LogP) is 3.49. The average Bonchev–Trinajstić information content (AvgIpc) is 2.57. The Morgan fingerprint density at radius 3 is 2.68 bits per heavy atom. The van der Waals surface area contributed by atoms with Gasteiger partial charge in [0, 0.05) is 12.6 Å². The van der Waals surface area contributed by atoms with E-state index in [1.807, 2.05) is 42.5 Å². The molecule has 0 saturated carbocycles. The molecule has 0 spiro atoms. The molecule has 0 aromatic heterocycles. The lowest BCUT2D eigenvalue weighted by molar-refractivity contribution is 0.0931. The van der Waals surface area contributed by atoms with Crippen LogP contribution in [0.4, 0.5) is 0 Å². The predicted molar refractivity (Wildman–Crippen MR) is 90.2 cm³/mol. The summed E-state index contributed by atoms with van der Waals surface area (Å²) < 4.78 is 0. The van der Waals surface area contributed by atoms with Gasteiger partial charge in [-0.15, -0.1) is 0 Å². The number of rotatable bonds is 3. The van der Waals surface area contributed by atoms with E-state index in [9.17, 15) is 4.79 Å². The molecule has 1 fully saturated rings. The normalized spacial score (nSPS) is 18.0. The van der Waals surface area contributed by atoms with Gasteiger partial charge in [-0.3, -0.25) is 4.79 Å². The number of benzene rings is 2. The molecule has 1 aliphatic rings. The summed E-state index contributed by atoms with van der Waals surface area (Å²) in [5.74, 6) is -0.100. The Morgan fingerprint density at radius 1 is 1.14 bits per heavy atom. The van der Waals surface area contributed by atoms with E-state index in [4.69, 9.17) is 11.6 Å². The minimum absolute atomic E-state index is 0.100. The number of nitrogens with one attached hydrogen (secondary N) is 2. The number of carbonyl (C=O) groups is 1. The Kier molecular flexibility index (Phi) is 4.76. The Balaban J connectivity index is 1.81. The molecule has 3 rings (SSSR count). The zero-order valence-electron chi connectivity index (χ0n) is 12.3. The van der Waals surface area contributed by atoms with Gasteiger partial charge in [-0.1, -0.05) is 48.0 Å². The first-order valence-corrected chi connectivity index (χ1v) is 7.98. The third kappa shape index (κ3) is 3.49. The molecular weight excluding hydrogens is 296 g/mol. The van der Waals surface area contributed by atoms with Crippen molar-refractivity contribution in [1.82, 2.24) is 10.6 Å². The van der Waals surface area contributed by atoms with Crippen molar-refractivity contribution in [3.05, 3.63) is 59.1 Å². The molecular formula is C18H19ClN2O. The van der Waals surface area contributed by atoms with Crippen LogP contribution in [0.15, 0.2) is 48.5 Å². The SMILES string of the molecule is O=C(NC1CCCNC1)c1cc(-c2ccccc2)ccc1Cl. The zero-order chi connectivity index (χ0) is 15.4. The third-order valence-corrected chi connectivity index (χ3v) is 4.28. The quantitative estimate of drug-likeness (QED) is 0.910. The van der Waals surface area contributed by atoms with Crippen LogP contribution in [0.3, 0.4) is 0 Å². The molecule has 22 heavy (non-hydrogen) atoms. The van der Waals surface area contributed by atoms with Crippen LogP contribution in [0, 0.1) is 0 Å². The van der Waals surface area contributed by atoms with Gasteiger partial charge >= 0.3 is 0 Å². The molecule has 0 radical (unpaired) electrons. The molecule has 3 nitrogen and oxygen atoms in total. The minimum Gasteiger partial charge on any atom is -0.348 e.